The average Bonchev–Trinajstić information content (AvgIpc) is 3.03. The summed E-state index contributed by atoms with van der Waals surface area (Å²) in [7, 11) is 0. The van der Waals surface area contributed by atoms with Gasteiger partial charge in [0.2, 0.25) is 0 Å². The number of alkyl halides is 2. The number of carbonyl (C=O) groups is 2. The lowest BCUT2D eigenvalue weighted by atomic mass is 9.74. The highest BCUT2D eigenvalue weighted by Gasteiger charge is 2.62. The number of nitrogens with one attached hydrogen (secondary N) is 1. The molecule has 0 aliphatic carbocycles. The number of halogens is 2. The molecule has 1 fully saturated rings. The maximum Gasteiger partial charge on any atom is 0.586 e. The van der Waals surface area contributed by atoms with Gasteiger partial charge in [-0.05, 0) is 55.7 Å². The number of rotatable bonds is 5. The fourth-order valence-electron chi connectivity index (χ4n) is 4.12. The number of ether oxygens (including phenoxy) is 2. The van der Waals surface area contributed by atoms with Gasteiger partial charge in [0.15, 0.2) is 11.5 Å². The molecule has 3 N–H and O–H groups in total. The van der Waals surface area contributed by atoms with Gasteiger partial charge in [-0.25, -0.2) is 9.59 Å². The highest BCUT2D eigenvalue weighted by Crippen LogP contribution is 2.44. The molecule has 1 aromatic carbocycles. The zero-order valence-corrected chi connectivity index (χ0v) is 17.2. The van der Waals surface area contributed by atoms with E-state index in [1.165, 1.54) is 25.1 Å². The van der Waals surface area contributed by atoms with E-state index in [-0.39, 0.29) is 17.9 Å². The first-order valence-corrected chi connectivity index (χ1v) is 9.83. The standard InChI is InChI=1S/C21H21F2N3O6/c1-11(13-3-4-15-16(10-13)32-21(22,23)31-15)25-19(29)26-17(18(27)28)14(20(26,2)30)9-12-5-7-24-8-6-12/h3-8,10-11,14,17,30H,9H2,1-2H3,(H,25,29)(H,27,28)/t11-,14-,17+,20?/m1/s1. The van der Waals surface area contributed by atoms with Gasteiger partial charge in [0.1, 0.15) is 11.8 Å². The van der Waals surface area contributed by atoms with E-state index in [0.717, 1.165) is 10.5 Å². The molecule has 0 radical (unpaired) electrons. The molecule has 2 aliphatic rings. The van der Waals surface area contributed by atoms with Crippen LogP contribution < -0.4 is 14.8 Å². The monoisotopic (exact) mass is 449 g/mol. The molecule has 9 nitrogen and oxygen atoms in total. The van der Waals surface area contributed by atoms with Gasteiger partial charge in [0.05, 0.1) is 6.04 Å². The van der Waals surface area contributed by atoms with Gasteiger partial charge in [-0.3, -0.25) is 9.88 Å². The molecule has 2 amide bonds. The first-order chi connectivity index (χ1) is 15.0. The number of hydrogen-bond donors (Lipinski definition) is 3. The summed E-state index contributed by atoms with van der Waals surface area (Å²) in [5, 5.41) is 23.2. The van der Waals surface area contributed by atoms with Crippen LogP contribution in [0.1, 0.15) is 31.0 Å². The van der Waals surface area contributed by atoms with Crippen LogP contribution in [0.2, 0.25) is 0 Å². The third kappa shape index (κ3) is 3.79. The number of hydrogen-bond acceptors (Lipinski definition) is 6. The van der Waals surface area contributed by atoms with Crippen LogP contribution in [0, 0.1) is 5.92 Å². The SMILES string of the molecule is C[C@@H](NC(=O)N1[C@H](C(=O)O)[C@@H](Cc2ccncc2)C1(C)O)c1ccc2c(c1)OC(F)(F)O2. The second-order valence-corrected chi connectivity index (χ2v) is 7.96. The van der Waals surface area contributed by atoms with Crippen LogP contribution in [0.15, 0.2) is 42.7 Å². The molecule has 0 bridgehead atoms. The van der Waals surface area contributed by atoms with Crippen molar-refractivity contribution < 1.29 is 38.1 Å². The van der Waals surface area contributed by atoms with Gasteiger partial charge in [-0.2, -0.15) is 0 Å². The van der Waals surface area contributed by atoms with E-state index in [1.54, 1.807) is 31.5 Å². The van der Waals surface area contributed by atoms with Crippen molar-refractivity contribution in [1.29, 1.82) is 0 Å². The Morgan fingerprint density at radius 1 is 1.22 bits per heavy atom. The second-order valence-electron chi connectivity index (χ2n) is 7.96. The molecular formula is C21H21F2N3O6. The Morgan fingerprint density at radius 2 is 1.88 bits per heavy atom. The predicted molar refractivity (Wildman–Crippen MR) is 105 cm³/mol. The van der Waals surface area contributed by atoms with Gasteiger partial charge < -0.3 is 25.0 Å². The molecule has 4 atom stereocenters. The molecule has 1 unspecified atom stereocenters. The van der Waals surface area contributed by atoms with E-state index in [4.69, 9.17) is 0 Å². The summed E-state index contributed by atoms with van der Waals surface area (Å²) in [5.74, 6) is -2.29. The number of urea groups is 1. The van der Waals surface area contributed by atoms with Crippen molar-refractivity contribution >= 4 is 12.0 Å². The zero-order chi connectivity index (χ0) is 23.3. The van der Waals surface area contributed by atoms with Crippen LogP contribution in [0.4, 0.5) is 13.6 Å². The maximum absolute atomic E-state index is 13.2. The quantitative estimate of drug-likeness (QED) is 0.641. The lowest BCUT2D eigenvalue weighted by molar-refractivity contribution is -0.286. The molecule has 170 valence electrons. The highest BCUT2D eigenvalue weighted by atomic mass is 19.3. The Bertz CT molecular complexity index is 1050. The molecule has 2 aromatic rings. The average molecular weight is 449 g/mol. The second kappa shape index (κ2) is 7.59. The number of aliphatic hydroxyl groups is 1. The molecule has 1 saturated heterocycles. The highest BCUT2D eigenvalue weighted by molar-refractivity contribution is 5.86. The Morgan fingerprint density at radius 3 is 2.53 bits per heavy atom. The molecule has 1 aromatic heterocycles. The first-order valence-electron chi connectivity index (χ1n) is 9.83. The van der Waals surface area contributed by atoms with Crippen LogP contribution in [0.25, 0.3) is 0 Å². The number of aromatic nitrogens is 1. The Labute approximate surface area is 181 Å². The number of carboxylic acid groups (broad SMARTS) is 1. The predicted octanol–water partition coefficient (Wildman–Crippen LogP) is 2.51. The third-order valence-electron chi connectivity index (χ3n) is 5.79. The fourth-order valence-corrected chi connectivity index (χ4v) is 4.12. The van der Waals surface area contributed by atoms with Crippen LogP contribution >= 0.6 is 0 Å². The number of likely N-dealkylation sites (tertiary alicyclic amines) is 1. The maximum atomic E-state index is 13.2. The minimum atomic E-state index is -3.76. The Kier molecular flexibility index (Phi) is 5.16. The van der Waals surface area contributed by atoms with Crippen molar-refractivity contribution in [2.24, 2.45) is 5.92 Å². The number of carbonyl (C=O) groups excluding carboxylic acids is 1. The number of carboxylic acids is 1. The largest absolute Gasteiger partial charge is 0.586 e. The van der Waals surface area contributed by atoms with Gasteiger partial charge in [0.25, 0.3) is 0 Å². The van der Waals surface area contributed by atoms with Crippen molar-refractivity contribution in [3.8, 4) is 11.5 Å². The van der Waals surface area contributed by atoms with Crippen molar-refractivity contribution in [1.82, 2.24) is 15.2 Å². The lowest BCUT2D eigenvalue weighted by Crippen LogP contribution is -2.77. The third-order valence-corrected chi connectivity index (χ3v) is 5.79. The minimum absolute atomic E-state index is 0.132. The van der Waals surface area contributed by atoms with Crippen molar-refractivity contribution in [2.45, 2.75) is 44.4 Å². The number of benzene rings is 1. The summed E-state index contributed by atoms with van der Waals surface area (Å²) < 4.78 is 35.2. The van der Waals surface area contributed by atoms with Crippen molar-refractivity contribution in [2.75, 3.05) is 0 Å². The Hall–Kier alpha value is -3.47. The van der Waals surface area contributed by atoms with Crippen LogP contribution in [-0.4, -0.2) is 50.2 Å². The number of amides is 2. The topological polar surface area (TPSA) is 121 Å². The summed E-state index contributed by atoms with van der Waals surface area (Å²) in [6.45, 7) is 2.97. The molecule has 3 heterocycles. The van der Waals surface area contributed by atoms with Crippen molar-refractivity contribution in [3.63, 3.8) is 0 Å². The molecular weight excluding hydrogens is 428 g/mol. The van der Waals surface area contributed by atoms with Gasteiger partial charge in [0, 0.05) is 18.3 Å². The van der Waals surface area contributed by atoms with Crippen LogP contribution in [0.5, 0.6) is 11.5 Å². The van der Waals surface area contributed by atoms with Crippen LogP contribution in [-0.2, 0) is 11.2 Å². The van der Waals surface area contributed by atoms with E-state index < -0.39 is 42.0 Å². The molecule has 0 saturated carbocycles. The normalized spacial score (nSPS) is 26.2. The summed E-state index contributed by atoms with van der Waals surface area (Å²) >= 11 is 0. The van der Waals surface area contributed by atoms with Gasteiger partial charge in [-0.15, -0.1) is 8.78 Å². The summed E-state index contributed by atoms with van der Waals surface area (Å²) in [5.41, 5.74) is -0.506. The minimum Gasteiger partial charge on any atom is -0.480 e. The van der Waals surface area contributed by atoms with Gasteiger partial charge in [-0.1, -0.05) is 6.07 Å². The fraction of sp³-hybridized carbons (Fsp3) is 0.381. The zero-order valence-electron chi connectivity index (χ0n) is 17.2. The van der Waals surface area contributed by atoms with Crippen molar-refractivity contribution in [3.05, 3.63) is 53.9 Å². The number of nitrogens with zero attached hydrogens (tertiary/aromatic N) is 2. The van der Waals surface area contributed by atoms with E-state index in [9.17, 15) is 28.6 Å². The Balaban J connectivity index is 1.48. The number of fused-ring (bicyclic) bond motifs is 1. The van der Waals surface area contributed by atoms with E-state index in [2.05, 4.69) is 19.8 Å². The molecule has 4 rings (SSSR count). The summed E-state index contributed by atoms with van der Waals surface area (Å²) in [6, 6.07) is 4.74. The first kappa shape index (κ1) is 21.8. The van der Waals surface area contributed by atoms with E-state index >= 15 is 0 Å². The summed E-state index contributed by atoms with van der Waals surface area (Å²) in [4.78, 5) is 29.5. The van der Waals surface area contributed by atoms with E-state index in [0.29, 0.717) is 5.56 Å². The molecule has 2 aliphatic heterocycles. The van der Waals surface area contributed by atoms with E-state index in [1.807, 2.05) is 0 Å². The number of pyridine rings is 1. The lowest BCUT2D eigenvalue weighted by Gasteiger charge is -2.57. The number of aliphatic carboxylic acids is 1. The molecule has 11 heteroatoms. The van der Waals surface area contributed by atoms with Gasteiger partial charge >= 0.3 is 18.3 Å². The smallest absolute Gasteiger partial charge is 0.480 e. The summed E-state index contributed by atoms with van der Waals surface area (Å²) in [6.07, 6.45) is -0.401. The van der Waals surface area contributed by atoms with Crippen LogP contribution in [0.3, 0.4) is 0 Å². The molecule has 0 spiro atoms. The molecule has 32 heavy (non-hydrogen) atoms.